The van der Waals surface area contributed by atoms with Gasteiger partial charge >= 0.3 is 0 Å². The molecule has 1 fully saturated rings. The topological polar surface area (TPSA) is 53.9 Å². The standard InChI is InChI=1S/C21H19N5/c1-3-7-18-15(5-1)13-16(14-23-18)20-17-6-2-4-8-19(17)24-21(25-20)26-11-9-22-10-12-26/h1-8,13-14,22H,9-12H2. The molecule has 2 aromatic carbocycles. The highest BCUT2D eigenvalue weighted by Gasteiger charge is 2.17. The minimum Gasteiger partial charge on any atom is -0.338 e. The van der Waals surface area contributed by atoms with Crippen molar-refractivity contribution in [2.75, 3.05) is 31.1 Å². The summed E-state index contributed by atoms with van der Waals surface area (Å²) in [5, 5.41) is 5.56. The number of benzene rings is 2. The maximum absolute atomic E-state index is 4.95. The Balaban J connectivity index is 1.71. The van der Waals surface area contributed by atoms with Gasteiger partial charge in [-0.15, -0.1) is 0 Å². The summed E-state index contributed by atoms with van der Waals surface area (Å²) in [6, 6.07) is 18.5. The molecule has 5 heteroatoms. The van der Waals surface area contributed by atoms with Crippen LogP contribution >= 0.6 is 0 Å². The number of piperazine rings is 1. The molecule has 1 aliphatic heterocycles. The first kappa shape index (κ1) is 15.2. The van der Waals surface area contributed by atoms with Crippen LogP contribution in [0, 0.1) is 0 Å². The number of hydrogen-bond donors (Lipinski definition) is 1. The Morgan fingerprint density at radius 1 is 0.846 bits per heavy atom. The molecule has 0 amide bonds. The van der Waals surface area contributed by atoms with Crippen molar-refractivity contribution in [3.8, 4) is 11.3 Å². The summed E-state index contributed by atoms with van der Waals surface area (Å²) in [6.45, 7) is 3.77. The smallest absolute Gasteiger partial charge is 0.226 e. The minimum atomic E-state index is 0.799. The first-order chi connectivity index (χ1) is 12.9. The summed E-state index contributed by atoms with van der Waals surface area (Å²) < 4.78 is 0. The van der Waals surface area contributed by atoms with Gasteiger partial charge in [0.2, 0.25) is 5.95 Å². The van der Waals surface area contributed by atoms with Crippen molar-refractivity contribution < 1.29 is 0 Å². The lowest BCUT2D eigenvalue weighted by Crippen LogP contribution is -2.44. The highest BCUT2D eigenvalue weighted by atomic mass is 15.3. The molecule has 1 saturated heterocycles. The van der Waals surface area contributed by atoms with E-state index in [2.05, 4.69) is 39.5 Å². The molecule has 0 bridgehead atoms. The van der Waals surface area contributed by atoms with E-state index in [9.17, 15) is 0 Å². The number of aromatic nitrogens is 3. The van der Waals surface area contributed by atoms with Gasteiger partial charge in [0, 0.05) is 48.7 Å². The Morgan fingerprint density at radius 3 is 2.50 bits per heavy atom. The zero-order valence-electron chi connectivity index (χ0n) is 14.4. The molecule has 128 valence electrons. The van der Waals surface area contributed by atoms with Gasteiger partial charge in [0.1, 0.15) is 0 Å². The van der Waals surface area contributed by atoms with Crippen molar-refractivity contribution in [3.05, 3.63) is 60.8 Å². The molecule has 0 saturated carbocycles. The lowest BCUT2D eigenvalue weighted by Gasteiger charge is -2.28. The van der Waals surface area contributed by atoms with E-state index < -0.39 is 0 Å². The number of hydrogen-bond acceptors (Lipinski definition) is 5. The van der Waals surface area contributed by atoms with Crippen molar-refractivity contribution in [3.63, 3.8) is 0 Å². The molecule has 0 radical (unpaired) electrons. The Kier molecular flexibility index (Phi) is 3.72. The molecule has 3 heterocycles. The average molecular weight is 341 g/mol. The fourth-order valence-corrected chi connectivity index (χ4v) is 3.49. The lowest BCUT2D eigenvalue weighted by molar-refractivity contribution is 0.581. The Morgan fingerprint density at radius 2 is 1.62 bits per heavy atom. The molecule has 26 heavy (non-hydrogen) atoms. The van der Waals surface area contributed by atoms with Crippen LogP contribution in [0.4, 0.5) is 5.95 Å². The predicted octanol–water partition coefficient (Wildman–Crippen LogP) is 3.25. The van der Waals surface area contributed by atoms with Crippen LogP contribution in [-0.2, 0) is 0 Å². The van der Waals surface area contributed by atoms with Gasteiger partial charge in [-0.1, -0.05) is 36.4 Å². The quantitative estimate of drug-likeness (QED) is 0.606. The predicted molar refractivity (Wildman–Crippen MR) is 105 cm³/mol. The monoisotopic (exact) mass is 341 g/mol. The molecule has 4 aromatic rings. The minimum absolute atomic E-state index is 0.799. The summed E-state index contributed by atoms with van der Waals surface area (Å²) in [5.41, 5.74) is 3.94. The van der Waals surface area contributed by atoms with Crippen LogP contribution in [0.2, 0.25) is 0 Å². The van der Waals surface area contributed by atoms with Crippen LogP contribution in [0.15, 0.2) is 60.8 Å². The third-order valence-corrected chi connectivity index (χ3v) is 4.86. The summed E-state index contributed by atoms with van der Waals surface area (Å²) in [5.74, 6) is 0.799. The van der Waals surface area contributed by atoms with Gasteiger partial charge in [0.25, 0.3) is 0 Å². The molecular weight excluding hydrogens is 322 g/mol. The number of pyridine rings is 1. The third-order valence-electron chi connectivity index (χ3n) is 4.86. The zero-order valence-corrected chi connectivity index (χ0v) is 14.4. The molecule has 1 N–H and O–H groups in total. The molecular formula is C21H19N5. The van der Waals surface area contributed by atoms with E-state index in [-0.39, 0.29) is 0 Å². The molecule has 0 unspecified atom stereocenters. The van der Waals surface area contributed by atoms with E-state index in [0.29, 0.717) is 0 Å². The van der Waals surface area contributed by atoms with Gasteiger partial charge in [0.05, 0.1) is 16.7 Å². The number of nitrogens with one attached hydrogen (secondary N) is 1. The van der Waals surface area contributed by atoms with Crippen LogP contribution < -0.4 is 10.2 Å². The van der Waals surface area contributed by atoms with E-state index in [4.69, 9.17) is 9.97 Å². The molecule has 2 aromatic heterocycles. The van der Waals surface area contributed by atoms with E-state index in [1.165, 1.54) is 0 Å². The van der Waals surface area contributed by atoms with Crippen LogP contribution in [0.5, 0.6) is 0 Å². The van der Waals surface area contributed by atoms with Gasteiger partial charge in [-0.3, -0.25) is 4.98 Å². The fourth-order valence-electron chi connectivity index (χ4n) is 3.49. The lowest BCUT2D eigenvalue weighted by atomic mass is 10.1. The number of nitrogens with zero attached hydrogens (tertiary/aromatic N) is 4. The average Bonchev–Trinajstić information content (AvgIpc) is 2.73. The molecule has 5 nitrogen and oxygen atoms in total. The van der Waals surface area contributed by atoms with Crippen molar-refractivity contribution in [2.45, 2.75) is 0 Å². The summed E-state index contributed by atoms with van der Waals surface area (Å²) in [7, 11) is 0. The number of anilines is 1. The maximum atomic E-state index is 4.95. The van der Waals surface area contributed by atoms with Crippen LogP contribution in [0.25, 0.3) is 33.1 Å². The SMILES string of the molecule is c1ccc2ncc(-c3nc(N4CCNCC4)nc4ccccc34)cc2c1. The van der Waals surface area contributed by atoms with Crippen LogP contribution in [-0.4, -0.2) is 41.1 Å². The second-order valence-corrected chi connectivity index (χ2v) is 6.54. The molecule has 0 spiro atoms. The number of fused-ring (bicyclic) bond motifs is 2. The number of rotatable bonds is 2. The van der Waals surface area contributed by atoms with E-state index >= 15 is 0 Å². The van der Waals surface area contributed by atoms with E-state index in [1.54, 1.807) is 0 Å². The van der Waals surface area contributed by atoms with Crippen molar-refractivity contribution >= 4 is 27.8 Å². The van der Waals surface area contributed by atoms with E-state index in [0.717, 1.165) is 65.2 Å². The Labute approximate surface area is 151 Å². The maximum Gasteiger partial charge on any atom is 0.226 e. The van der Waals surface area contributed by atoms with Gasteiger partial charge < -0.3 is 10.2 Å². The van der Waals surface area contributed by atoms with Crippen LogP contribution in [0.3, 0.4) is 0 Å². The highest BCUT2D eigenvalue weighted by molar-refractivity contribution is 5.95. The van der Waals surface area contributed by atoms with Crippen molar-refractivity contribution in [1.29, 1.82) is 0 Å². The van der Waals surface area contributed by atoms with Gasteiger partial charge in [-0.2, -0.15) is 0 Å². The third kappa shape index (κ3) is 2.66. The summed E-state index contributed by atoms with van der Waals surface area (Å²) in [4.78, 5) is 16.6. The van der Waals surface area contributed by atoms with Gasteiger partial charge in [0.15, 0.2) is 0 Å². The Bertz CT molecular complexity index is 1090. The fraction of sp³-hybridized carbons (Fsp3) is 0.190. The molecule has 0 aliphatic carbocycles. The normalized spacial score (nSPS) is 14.8. The molecule has 1 aliphatic rings. The van der Waals surface area contributed by atoms with Crippen molar-refractivity contribution in [2.24, 2.45) is 0 Å². The largest absolute Gasteiger partial charge is 0.338 e. The Hall–Kier alpha value is -3.05. The second kappa shape index (κ2) is 6.35. The zero-order chi connectivity index (χ0) is 17.3. The van der Waals surface area contributed by atoms with E-state index in [1.807, 2.05) is 36.5 Å². The molecule has 5 rings (SSSR count). The number of para-hydroxylation sites is 2. The summed E-state index contributed by atoms with van der Waals surface area (Å²) >= 11 is 0. The first-order valence-corrected chi connectivity index (χ1v) is 8.96. The second-order valence-electron chi connectivity index (χ2n) is 6.54. The highest BCUT2D eigenvalue weighted by Crippen LogP contribution is 2.29. The van der Waals surface area contributed by atoms with Gasteiger partial charge in [-0.05, 0) is 18.2 Å². The van der Waals surface area contributed by atoms with Gasteiger partial charge in [-0.25, -0.2) is 9.97 Å². The van der Waals surface area contributed by atoms with Crippen LogP contribution in [0.1, 0.15) is 0 Å². The first-order valence-electron chi connectivity index (χ1n) is 8.96. The van der Waals surface area contributed by atoms with Crippen molar-refractivity contribution in [1.82, 2.24) is 20.3 Å². The summed E-state index contributed by atoms with van der Waals surface area (Å²) in [6.07, 6.45) is 1.92. The molecule has 0 atom stereocenters.